The van der Waals surface area contributed by atoms with E-state index in [0.717, 1.165) is 0 Å². The molecule has 0 amide bonds. The average Bonchev–Trinajstić information content (AvgIpc) is 2.81. The summed E-state index contributed by atoms with van der Waals surface area (Å²) >= 11 is 0. The largest absolute Gasteiger partial charge is 0.513 e. The van der Waals surface area contributed by atoms with Gasteiger partial charge >= 0.3 is 24.4 Å². The molecule has 1 aromatic rings. The number of carbonyl (C=O) groups excluding carboxylic acids is 3. The number of carbonyl (C=O) groups is 4. The van der Waals surface area contributed by atoms with E-state index in [1.807, 2.05) is 55.4 Å². The van der Waals surface area contributed by atoms with Crippen LogP contribution in [0.15, 0.2) is 18.2 Å². The highest BCUT2D eigenvalue weighted by Gasteiger charge is 2.37. The lowest BCUT2D eigenvalue weighted by atomic mass is 9.86. The molecule has 0 aromatic heterocycles. The summed E-state index contributed by atoms with van der Waals surface area (Å²) in [5.41, 5.74) is 4.07. The van der Waals surface area contributed by atoms with E-state index in [4.69, 9.17) is 34.2 Å². The van der Waals surface area contributed by atoms with Crippen LogP contribution in [0.5, 0.6) is 11.5 Å². The highest BCUT2D eigenvalue weighted by atomic mass is 16.7. The molecule has 238 valence electrons. The summed E-state index contributed by atoms with van der Waals surface area (Å²) in [7, 11) is 0. The third-order valence-electron chi connectivity index (χ3n) is 5.45. The van der Waals surface area contributed by atoms with Crippen LogP contribution in [0.3, 0.4) is 0 Å². The van der Waals surface area contributed by atoms with Gasteiger partial charge < -0.3 is 39.3 Å². The van der Waals surface area contributed by atoms with Gasteiger partial charge in [0.15, 0.2) is 11.5 Å². The predicted molar refractivity (Wildman–Crippen MR) is 154 cm³/mol. The minimum atomic E-state index is -1.88. The van der Waals surface area contributed by atoms with E-state index in [1.54, 1.807) is 0 Å². The molecule has 2 atom stereocenters. The molecule has 0 aliphatic heterocycles. The first kappa shape index (κ1) is 36.5. The van der Waals surface area contributed by atoms with Gasteiger partial charge in [-0.1, -0.05) is 61.5 Å². The van der Waals surface area contributed by atoms with Crippen molar-refractivity contribution in [3.63, 3.8) is 0 Å². The van der Waals surface area contributed by atoms with E-state index in [2.05, 4.69) is 0 Å². The molecular formula is C30H47NO11. The van der Waals surface area contributed by atoms with Gasteiger partial charge in [0.2, 0.25) is 0 Å². The lowest BCUT2D eigenvalue weighted by molar-refractivity contribution is -0.144. The Balaban J connectivity index is 3.13. The zero-order valence-corrected chi connectivity index (χ0v) is 26.2. The van der Waals surface area contributed by atoms with E-state index < -0.39 is 36.1 Å². The molecule has 0 bridgehead atoms. The molecule has 0 aliphatic carbocycles. The quantitative estimate of drug-likeness (QED) is 0.152. The minimum absolute atomic E-state index is 0.0536. The summed E-state index contributed by atoms with van der Waals surface area (Å²) in [6, 6.07) is 4.12. The molecule has 0 spiro atoms. The molecule has 1 rings (SSSR count). The van der Waals surface area contributed by atoms with Gasteiger partial charge in [-0.3, -0.25) is 4.79 Å². The highest BCUT2D eigenvalue weighted by molar-refractivity contribution is 5.79. The Morgan fingerprint density at radius 2 is 1.33 bits per heavy atom. The van der Waals surface area contributed by atoms with Gasteiger partial charge in [-0.05, 0) is 47.8 Å². The predicted octanol–water partition coefficient (Wildman–Crippen LogP) is 6.11. The number of hydrogen-bond donors (Lipinski definition) is 2. The lowest BCUT2D eigenvalue weighted by Gasteiger charge is -2.28. The maximum absolute atomic E-state index is 12.4. The molecule has 0 saturated carbocycles. The fourth-order valence-electron chi connectivity index (χ4n) is 3.35. The van der Waals surface area contributed by atoms with Crippen LogP contribution < -0.4 is 15.2 Å². The molecule has 12 nitrogen and oxygen atoms in total. The van der Waals surface area contributed by atoms with E-state index in [0.29, 0.717) is 17.9 Å². The lowest BCUT2D eigenvalue weighted by Crippen LogP contribution is -2.52. The van der Waals surface area contributed by atoms with Crippen molar-refractivity contribution in [2.45, 2.75) is 93.2 Å². The molecule has 3 N–H and O–H groups in total. The van der Waals surface area contributed by atoms with Gasteiger partial charge in [-0.25, -0.2) is 14.4 Å². The van der Waals surface area contributed by atoms with Crippen molar-refractivity contribution in [3.05, 3.63) is 23.8 Å². The number of ether oxygens (including phenoxy) is 6. The number of carboxylic acids is 1. The molecule has 0 aliphatic rings. The first-order valence-electron chi connectivity index (χ1n) is 13.9. The van der Waals surface area contributed by atoms with Crippen LogP contribution in [0.4, 0.5) is 14.4 Å². The van der Waals surface area contributed by atoms with Gasteiger partial charge in [-0.2, -0.15) is 0 Å². The third-order valence-corrected chi connectivity index (χ3v) is 5.45. The van der Waals surface area contributed by atoms with Crippen LogP contribution in [0.1, 0.15) is 80.7 Å². The van der Waals surface area contributed by atoms with Crippen LogP contribution in [0, 0.1) is 16.7 Å². The highest BCUT2D eigenvalue weighted by Crippen LogP contribution is 2.32. The number of benzene rings is 1. The normalized spacial score (nSPS) is 13.9. The summed E-state index contributed by atoms with van der Waals surface area (Å²) < 4.78 is 31.1. The van der Waals surface area contributed by atoms with Gasteiger partial charge in [0.25, 0.3) is 0 Å². The van der Waals surface area contributed by atoms with Crippen LogP contribution >= 0.6 is 0 Å². The van der Waals surface area contributed by atoms with Crippen molar-refractivity contribution in [1.29, 1.82) is 0 Å². The Labute approximate surface area is 248 Å². The second-order valence-corrected chi connectivity index (χ2v) is 13.2. The van der Waals surface area contributed by atoms with Crippen molar-refractivity contribution in [2.24, 2.45) is 22.5 Å². The van der Waals surface area contributed by atoms with Gasteiger partial charge in [0.1, 0.15) is 11.6 Å². The molecular weight excluding hydrogens is 550 g/mol. The van der Waals surface area contributed by atoms with Crippen LogP contribution in [0.25, 0.3) is 0 Å². The second-order valence-electron chi connectivity index (χ2n) is 13.2. The van der Waals surface area contributed by atoms with E-state index in [9.17, 15) is 24.3 Å². The van der Waals surface area contributed by atoms with E-state index in [-0.39, 0.29) is 55.0 Å². The zero-order valence-electron chi connectivity index (χ0n) is 26.2. The van der Waals surface area contributed by atoms with Crippen molar-refractivity contribution < 1.29 is 52.7 Å². The Bertz CT molecular complexity index is 1070. The number of hydrogen-bond acceptors (Lipinski definition) is 11. The van der Waals surface area contributed by atoms with E-state index in [1.165, 1.54) is 25.1 Å². The minimum Gasteiger partial charge on any atom is -0.480 e. The fourth-order valence-corrected chi connectivity index (χ4v) is 3.35. The molecule has 0 radical (unpaired) electrons. The smallest absolute Gasteiger partial charge is 0.480 e. The molecule has 12 heteroatoms. The standard InChI is InChI=1S/C30H47NO11/c1-19(2)12-13-37-25(34)40-20(3)15-30(31,24(32)33)16-21-10-11-22(41-26(35)38-17-28(4,5)6)23(14-21)42-27(36)39-18-29(7,8)9/h10-11,14,19-20H,12-13,15-18,31H2,1-9H3,(H,32,33)/t20-,30?/m0/s1. The maximum Gasteiger partial charge on any atom is 0.513 e. The summed E-state index contributed by atoms with van der Waals surface area (Å²) in [5.74, 6) is -1.36. The monoisotopic (exact) mass is 597 g/mol. The number of aliphatic carboxylic acids is 1. The van der Waals surface area contributed by atoms with E-state index >= 15 is 0 Å². The van der Waals surface area contributed by atoms with Crippen molar-refractivity contribution in [1.82, 2.24) is 0 Å². The first-order valence-corrected chi connectivity index (χ1v) is 13.9. The molecule has 0 fully saturated rings. The summed E-state index contributed by atoms with van der Waals surface area (Å²) in [6.07, 6.45) is -3.72. The Morgan fingerprint density at radius 1 is 0.810 bits per heavy atom. The maximum atomic E-state index is 12.4. The molecule has 0 saturated heterocycles. The van der Waals surface area contributed by atoms with Crippen LogP contribution in [0.2, 0.25) is 0 Å². The molecule has 1 aromatic carbocycles. The Hall–Kier alpha value is -3.54. The molecule has 1 unspecified atom stereocenters. The third kappa shape index (κ3) is 14.9. The fraction of sp³-hybridized carbons (Fsp3) is 0.667. The number of carboxylic acid groups (broad SMARTS) is 1. The zero-order chi connectivity index (χ0) is 32.3. The SMILES string of the molecule is CC(C)CCOC(=O)O[C@@H](C)CC(N)(Cc1ccc(OC(=O)OCC(C)(C)C)c(OC(=O)OCC(C)(C)C)c1)C(=O)O. The van der Waals surface area contributed by atoms with Crippen molar-refractivity contribution >= 4 is 24.4 Å². The van der Waals surface area contributed by atoms with Gasteiger partial charge in [0.05, 0.1) is 19.8 Å². The number of rotatable bonds is 13. The Kier molecular flexibility index (Phi) is 13.6. The average molecular weight is 598 g/mol. The van der Waals surface area contributed by atoms with Crippen LogP contribution in [-0.2, 0) is 30.2 Å². The van der Waals surface area contributed by atoms with Crippen molar-refractivity contribution in [3.8, 4) is 11.5 Å². The Morgan fingerprint density at radius 3 is 1.81 bits per heavy atom. The molecule has 0 heterocycles. The van der Waals surface area contributed by atoms with Gasteiger partial charge in [0, 0.05) is 12.8 Å². The molecule has 42 heavy (non-hydrogen) atoms. The van der Waals surface area contributed by atoms with Crippen LogP contribution in [-0.4, -0.2) is 61.0 Å². The topological polar surface area (TPSA) is 170 Å². The summed E-state index contributed by atoms with van der Waals surface area (Å²) in [5, 5.41) is 9.95. The van der Waals surface area contributed by atoms with Gasteiger partial charge in [-0.15, -0.1) is 0 Å². The first-order chi connectivity index (χ1) is 19.2. The summed E-state index contributed by atoms with van der Waals surface area (Å²) in [6.45, 7) is 17.0. The van der Waals surface area contributed by atoms with Crippen molar-refractivity contribution in [2.75, 3.05) is 19.8 Å². The summed E-state index contributed by atoms with van der Waals surface area (Å²) in [4.78, 5) is 48.9. The second kappa shape index (κ2) is 15.6. The number of nitrogens with two attached hydrogens (primary N) is 1.